The predicted molar refractivity (Wildman–Crippen MR) is 99.9 cm³/mol. The van der Waals surface area contributed by atoms with Crippen LogP contribution in [0.15, 0.2) is 0 Å². The Morgan fingerprint density at radius 3 is 2.14 bits per heavy atom. The molecule has 2 N–H and O–H groups in total. The average molecular weight is 389 g/mol. The van der Waals surface area contributed by atoms with Crippen LogP contribution in [0.25, 0.3) is 0 Å². The van der Waals surface area contributed by atoms with Gasteiger partial charge in [0.15, 0.2) is 0 Å². The highest BCUT2D eigenvalue weighted by Gasteiger charge is 2.51. The van der Waals surface area contributed by atoms with E-state index in [-0.39, 0.29) is 29.2 Å². The van der Waals surface area contributed by atoms with Crippen molar-refractivity contribution in [1.82, 2.24) is 20.6 Å². The molecular formula is C19H27N5O4. The van der Waals surface area contributed by atoms with Crippen LogP contribution in [-0.2, 0) is 16.1 Å². The Hall–Kier alpha value is -2.45. The Bertz CT molecular complexity index is 795. The van der Waals surface area contributed by atoms with Gasteiger partial charge in [0, 0.05) is 6.42 Å². The molecule has 0 spiro atoms. The first-order valence-electron chi connectivity index (χ1n) is 10.0. The lowest BCUT2D eigenvalue weighted by Gasteiger charge is -2.56. The zero-order chi connectivity index (χ0) is 20.1. The minimum absolute atomic E-state index is 0.0846. The number of nitrogens with one attached hydrogen (secondary N) is 2. The zero-order valence-corrected chi connectivity index (χ0v) is 16.4. The van der Waals surface area contributed by atoms with Crippen LogP contribution in [-0.4, -0.2) is 26.5 Å². The smallest absolute Gasteiger partial charge is 0.273 e. The second-order valence-electron chi connectivity index (χ2n) is 9.12. The van der Waals surface area contributed by atoms with Crippen molar-refractivity contribution in [2.75, 3.05) is 0 Å². The molecule has 4 aliphatic carbocycles. The number of amides is 2. The number of rotatable bonds is 5. The Morgan fingerprint density at radius 2 is 1.64 bits per heavy atom. The number of hydrogen-bond acceptors (Lipinski definition) is 5. The second kappa shape index (κ2) is 6.86. The largest absolute Gasteiger partial charge is 0.312 e. The zero-order valence-electron chi connectivity index (χ0n) is 16.4. The molecule has 28 heavy (non-hydrogen) atoms. The molecule has 4 saturated carbocycles. The van der Waals surface area contributed by atoms with E-state index >= 15 is 0 Å². The highest BCUT2D eigenvalue weighted by Crippen LogP contribution is 2.61. The van der Waals surface area contributed by atoms with Gasteiger partial charge in [-0.25, -0.2) is 0 Å². The van der Waals surface area contributed by atoms with Crippen molar-refractivity contribution in [2.24, 2.45) is 23.2 Å². The van der Waals surface area contributed by atoms with Gasteiger partial charge in [0.25, 0.3) is 5.91 Å². The number of carbonyl (C=O) groups is 2. The molecule has 4 bridgehead atoms. The van der Waals surface area contributed by atoms with Crippen molar-refractivity contribution in [3.8, 4) is 0 Å². The number of hydrazine groups is 1. The Morgan fingerprint density at radius 1 is 1.11 bits per heavy atom. The van der Waals surface area contributed by atoms with E-state index in [4.69, 9.17) is 0 Å². The van der Waals surface area contributed by atoms with Gasteiger partial charge in [-0.2, -0.15) is 5.10 Å². The molecule has 152 valence electrons. The Balaban J connectivity index is 1.30. The molecule has 0 radical (unpaired) electrons. The first-order chi connectivity index (χ1) is 13.2. The molecule has 1 heterocycles. The van der Waals surface area contributed by atoms with Crippen LogP contribution < -0.4 is 10.9 Å². The summed E-state index contributed by atoms with van der Waals surface area (Å²) < 4.78 is 1.29. The summed E-state index contributed by atoms with van der Waals surface area (Å²) in [4.78, 5) is 35.2. The highest BCUT2D eigenvalue weighted by atomic mass is 16.6. The van der Waals surface area contributed by atoms with Crippen molar-refractivity contribution in [2.45, 2.75) is 65.3 Å². The molecule has 4 aliphatic rings. The van der Waals surface area contributed by atoms with Crippen LogP contribution in [0.1, 0.15) is 56.3 Å². The third-order valence-electron chi connectivity index (χ3n) is 6.86. The Labute approximate surface area is 163 Å². The van der Waals surface area contributed by atoms with Crippen LogP contribution in [0, 0.1) is 47.1 Å². The van der Waals surface area contributed by atoms with E-state index in [0.29, 0.717) is 12.1 Å². The molecule has 1 aromatic heterocycles. The maximum absolute atomic E-state index is 12.5. The minimum atomic E-state index is -0.501. The summed E-state index contributed by atoms with van der Waals surface area (Å²) in [6.45, 7) is 2.90. The summed E-state index contributed by atoms with van der Waals surface area (Å²) in [7, 11) is 0. The molecule has 2 amide bonds. The van der Waals surface area contributed by atoms with E-state index in [1.807, 2.05) is 0 Å². The number of carbonyl (C=O) groups excluding carboxylic acids is 2. The molecule has 0 unspecified atom stereocenters. The average Bonchev–Trinajstić information content (AvgIpc) is 2.85. The van der Waals surface area contributed by atoms with Gasteiger partial charge in [-0.15, -0.1) is 0 Å². The molecule has 0 aliphatic heterocycles. The van der Waals surface area contributed by atoms with Crippen molar-refractivity contribution in [3.05, 3.63) is 21.5 Å². The SMILES string of the molecule is Cc1nn(CC(=O)NNC(=O)CC23CC4CC(CC(C4)C2)C3)c(C)c1[N+](=O)[O-]. The summed E-state index contributed by atoms with van der Waals surface area (Å²) in [5, 5.41) is 15.1. The van der Waals surface area contributed by atoms with Crippen LogP contribution in [0.4, 0.5) is 5.69 Å². The number of aromatic nitrogens is 2. The first-order valence-corrected chi connectivity index (χ1v) is 10.0. The monoisotopic (exact) mass is 389 g/mol. The standard InChI is InChI=1S/C19H27N5O4/c1-11-18(24(27)28)12(2)23(22-11)10-17(26)21-20-16(25)9-19-6-13-3-14(7-19)5-15(4-13)8-19/h13-15H,3-10H2,1-2H3,(H,20,25)(H,21,26). The van der Waals surface area contributed by atoms with Crippen molar-refractivity contribution in [1.29, 1.82) is 0 Å². The van der Waals surface area contributed by atoms with Gasteiger partial charge in [0.1, 0.15) is 17.9 Å². The maximum Gasteiger partial charge on any atom is 0.312 e. The molecule has 0 atom stereocenters. The predicted octanol–water partition coefficient (Wildman–Crippen LogP) is 2.16. The molecular weight excluding hydrogens is 362 g/mol. The third kappa shape index (κ3) is 3.49. The van der Waals surface area contributed by atoms with Crippen LogP contribution in [0.5, 0.6) is 0 Å². The van der Waals surface area contributed by atoms with E-state index in [9.17, 15) is 19.7 Å². The lowest BCUT2D eigenvalue weighted by Crippen LogP contribution is -2.50. The molecule has 0 aromatic carbocycles. The summed E-state index contributed by atoms with van der Waals surface area (Å²) in [6.07, 6.45) is 7.84. The van der Waals surface area contributed by atoms with Crippen molar-refractivity contribution < 1.29 is 14.5 Å². The van der Waals surface area contributed by atoms with Gasteiger partial charge in [0.05, 0.1) is 4.92 Å². The van der Waals surface area contributed by atoms with Gasteiger partial charge in [-0.1, -0.05) is 0 Å². The van der Waals surface area contributed by atoms with Crippen molar-refractivity contribution >= 4 is 17.5 Å². The second-order valence-corrected chi connectivity index (χ2v) is 9.12. The number of nitro groups is 1. The molecule has 4 fully saturated rings. The van der Waals surface area contributed by atoms with Crippen LogP contribution >= 0.6 is 0 Å². The molecule has 9 heteroatoms. The lowest BCUT2D eigenvalue weighted by atomic mass is 9.49. The fraction of sp³-hybridized carbons (Fsp3) is 0.737. The number of nitrogens with zero attached hydrogens (tertiary/aromatic N) is 3. The van der Waals surface area contributed by atoms with Gasteiger partial charge in [-0.05, 0) is 75.5 Å². The summed E-state index contributed by atoms with van der Waals surface area (Å²) >= 11 is 0. The summed E-state index contributed by atoms with van der Waals surface area (Å²) in [6, 6.07) is 0. The van der Waals surface area contributed by atoms with Gasteiger partial charge < -0.3 is 0 Å². The van der Waals surface area contributed by atoms with E-state index in [1.165, 1.54) is 30.9 Å². The molecule has 0 saturated heterocycles. The molecule has 9 nitrogen and oxygen atoms in total. The van der Waals surface area contributed by atoms with Crippen LogP contribution in [0.2, 0.25) is 0 Å². The molecule has 5 rings (SSSR count). The van der Waals surface area contributed by atoms with Crippen molar-refractivity contribution in [3.63, 3.8) is 0 Å². The van der Waals surface area contributed by atoms with E-state index in [2.05, 4.69) is 16.0 Å². The normalized spacial score (nSPS) is 30.3. The minimum Gasteiger partial charge on any atom is -0.273 e. The van der Waals surface area contributed by atoms with Gasteiger partial charge >= 0.3 is 5.69 Å². The third-order valence-corrected chi connectivity index (χ3v) is 6.86. The quantitative estimate of drug-likeness (QED) is 0.591. The van der Waals surface area contributed by atoms with Gasteiger partial charge in [0.2, 0.25) is 5.91 Å². The fourth-order valence-electron chi connectivity index (χ4n) is 6.31. The Kier molecular flexibility index (Phi) is 4.63. The highest BCUT2D eigenvalue weighted by molar-refractivity contribution is 5.82. The summed E-state index contributed by atoms with van der Waals surface area (Å²) in [5.74, 6) is 1.70. The van der Waals surface area contributed by atoms with E-state index in [1.54, 1.807) is 6.92 Å². The number of hydrogen-bond donors (Lipinski definition) is 2. The summed E-state index contributed by atoms with van der Waals surface area (Å²) in [5.41, 5.74) is 5.57. The lowest BCUT2D eigenvalue weighted by molar-refractivity contribution is -0.386. The molecule has 1 aromatic rings. The number of aryl methyl sites for hydroxylation is 1. The van der Waals surface area contributed by atoms with E-state index in [0.717, 1.165) is 37.0 Å². The maximum atomic E-state index is 12.5. The first kappa shape index (κ1) is 18.9. The topological polar surface area (TPSA) is 119 Å². The van der Waals surface area contributed by atoms with Crippen LogP contribution in [0.3, 0.4) is 0 Å². The van der Waals surface area contributed by atoms with Gasteiger partial charge in [-0.3, -0.25) is 35.2 Å². The van der Waals surface area contributed by atoms with E-state index < -0.39 is 10.8 Å². The fourth-order valence-corrected chi connectivity index (χ4v) is 6.31.